The number of benzene rings is 2. The molecule has 4 nitrogen and oxygen atoms in total. The first-order valence-electron chi connectivity index (χ1n) is 10.2. The molecule has 1 amide bonds. The molecule has 8 heteroatoms. The van der Waals surface area contributed by atoms with E-state index in [0.717, 1.165) is 36.3 Å². The van der Waals surface area contributed by atoms with Crippen LogP contribution in [-0.2, 0) is 17.4 Å². The number of carbonyl (C=O) groups is 1. The van der Waals surface area contributed by atoms with Crippen molar-refractivity contribution >= 4 is 34.9 Å². The lowest BCUT2D eigenvalue weighted by molar-refractivity contribution is -0.137. The van der Waals surface area contributed by atoms with Crippen molar-refractivity contribution in [2.75, 3.05) is 36.9 Å². The zero-order chi connectivity index (χ0) is 22.4. The van der Waals surface area contributed by atoms with E-state index < -0.39 is 11.7 Å². The van der Waals surface area contributed by atoms with Crippen LogP contribution >= 0.6 is 12.2 Å². The molecule has 0 atom stereocenters. The van der Waals surface area contributed by atoms with Gasteiger partial charge in [0.2, 0.25) is 5.91 Å². The smallest absolute Gasteiger partial charge is 0.386 e. The Morgan fingerprint density at radius 2 is 1.81 bits per heavy atom. The summed E-state index contributed by atoms with van der Waals surface area (Å²) in [5.74, 6) is -0.0600. The predicted octanol–water partition coefficient (Wildman–Crippen LogP) is 4.79. The van der Waals surface area contributed by atoms with Crippen LogP contribution < -0.4 is 10.2 Å². The first-order valence-corrected chi connectivity index (χ1v) is 10.7. The van der Waals surface area contributed by atoms with Crippen molar-refractivity contribution in [3.63, 3.8) is 0 Å². The van der Waals surface area contributed by atoms with Gasteiger partial charge < -0.3 is 15.1 Å². The Balaban J connectivity index is 1.61. The van der Waals surface area contributed by atoms with Crippen molar-refractivity contribution in [1.29, 1.82) is 0 Å². The van der Waals surface area contributed by atoms with Crippen LogP contribution in [0.25, 0.3) is 0 Å². The van der Waals surface area contributed by atoms with Gasteiger partial charge in [0.25, 0.3) is 0 Å². The highest BCUT2D eigenvalue weighted by Crippen LogP contribution is 2.31. The zero-order valence-corrected chi connectivity index (χ0v) is 18.2. The van der Waals surface area contributed by atoms with E-state index in [0.29, 0.717) is 25.2 Å². The molecule has 1 fully saturated rings. The Kier molecular flexibility index (Phi) is 7.54. The normalized spacial score (nSPS) is 14.9. The zero-order valence-electron chi connectivity index (χ0n) is 17.4. The number of nitrogens with zero attached hydrogens (tertiary/aromatic N) is 2. The van der Waals surface area contributed by atoms with E-state index in [4.69, 9.17) is 12.2 Å². The van der Waals surface area contributed by atoms with E-state index in [-0.39, 0.29) is 18.4 Å². The molecule has 0 radical (unpaired) electrons. The van der Waals surface area contributed by atoms with Crippen molar-refractivity contribution < 1.29 is 18.0 Å². The van der Waals surface area contributed by atoms with Gasteiger partial charge in [-0.25, -0.2) is 0 Å². The van der Waals surface area contributed by atoms with E-state index >= 15 is 0 Å². The third kappa shape index (κ3) is 5.76. The molecule has 1 aliphatic rings. The van der Waals surface area contributed by atoms with Gasteiger partial charge in [0.05, 0.1) is 23.4 Å². The van der Waals surface area contributed by atoms with Crippen LogP contribution in [-0.4, -0.2) is 48.9 Å². The minimum Gasteiger partial charge on any atom is -0.386 e. The second kappa shape index (κ2) is 10.1. The lowest BCUT2D eigenvalue weighted by Gasteiger charge is -2.40. The number of alkyl halides is 3. The average molecular weight is 450 g/mol. The van der Waals surface area contributed by atoms with E-state index in [2.05, 4.69) is 16.3 Å². The number of carbonyl (C=O) groups excluding carboxylic acids is 1. The number of para-hydroxylation sites is 2. The topological polar surface area (TPSA) is 35.6 Å². The van der Waals surface area contributed by atoms with Gasteiger partial charge in [0, 0.05) is 32.7 Å². The Morgan fingerprint density at radius 1 is 1.16 bits per heavy atom. The van der Waals surface area contributed by atoms with Crippen molar-refractivity contribution in [2.24, 2.45) is 0 Å². The molecule has 1 N–H and O–H groups in total. The highest BCUT2D eigenvalue weighted by molar-refractivity contribution is 7.79. The van der Waals surface area contributed by atoms with Crippen LogP contribution in [0.3, 0.4) is 0 Å². The lowest BCUT2D eigenvalue weighted by atomic mass is 10.0. The van der Waals surface area contributed by atoms with Gasteiger partial charge in [-0.1, -0.05) is 36.5 Å². The molecular weight excluding hydrogens is 423 g/mol. The van der Waals surface area contributed by atoms with Crippen molar-refractivity contribution in [3.05, 3.63) is 59.7 Å². The Bertz CT molecular complexity index is 894. The second-order valence-corrected chi connectivity index (χ2v) is 7.90. The Labute approximate surface area is 186 Å². The number of amides is 1. The molecular formula is C23H26F3N3OS. The molecule has 0 saturated carbocycles. The molecule has 2 aromatic carbocycles. The van der Waals surface area contributed by atoms with E-state index in [9.17, 15) is 18.0 Å². The quantitative estimate of drug-likeness (QED) is 0.617. The molecule has 0 unspecified atom stereocenters. The summed E-state index contributed by atoms with van der Waals surface area (Å²) in [6.07, 6.45) is -2.65. The second-order valence-electron chi connectivity index (χ2n) is 7.57. The monoisotopic (exact) mass is 449 g/mol. The van der Waals surface area contributed by atoms with Crippen molar-refractivity contribution in [1.82, 2.24) is 4.90 Å². The molecule has 0 spiro atoms. The number of hydrogen-bond donors (Lipinski definition) is 1. The number of rotatable bonds is 7. The number of likely N-dealkylation sites (tertiary alicyclic amines) is 1. The van der Waals surface area contributed by atoms with Crippen LogP contribution in [0.5, 0.6) is 0 Å². The summed E-state index contributed by atoms with van der Waals surface area (Å²) in [5, 5.41) is 4.93. The van der Waals surface area contributed by atoms with Crippen LogP contribution in [0.2, 0.25) is 0 Å². The summed E-state index contributed by atoms with van der Waals surface area (Å²) in [7, 11) is 1.89. The highest BCUT2D eigenvalue weighted by atomic mass is 32.1. The van der Waals surface area contributed by atoms with Crippen LogP contribution in [0.1, 0.15) is 24.0 Å². The summed E-state index contributed by atoms with van der Waals surface area (Å²) in [6, 6.07) is 13.1. The number of thiocarbonyl (C=S) groups is 1. The van der Waals surface area contributed by atoms with Gasteiger partial charge in [-0.3, -0.25) is 4.79 Å². The predicted molar refractivity (Wildman–Crippen MR) is 122 cm³/mol. The van der Waals surface area contributed by atoms with E-state index in [1.54, 1.807) is 10.3 Å². The molecule has 0 aromatic heterocycles. The van der Waals surface area contributed by atoms with Gasteiger partial charge >= 0.3 is 6.18 Å². The molecule has 2 aromatic rings. The molecule has 0 bridgehead atoms. The molecule has 0 aliphatic carbocycles. The minimum absolute atomic E-state index is 0.0600. The van der Waals surface area contributed by atoms with E-state index in [1.807, 2.05) is 25.2 Å². The number of hydrogen-bond acceptors (Lipinski definition) is 4. The maximum atomic E-state index is 12.7. The number of anilines is 2. The fourth-order valence-corrected chi connectivity index (χ4v) is 4.15. The summed E-state index contributed by atoms with van der Waals surface area (Å²) >= 11 is 5.12. The summed E-state index contributed by atoms with van der Waals surface area (Å²) < 4.78 is 38.1. The summed E-state index contributed by atoms with van der Waals surface area (Å²) in [4.78, 5) is 16.8. The maximum Gasteiger partial charge on any atom is 0.416 e. The van der Waals surface area contributed by atoms with Gasteiger partial charge in [-0.15, -0.1) is 0 Å². The Hall–Kier alpha value is -2.61. The van der Waals surface area contributed by atoms with Gasteiger partial charge in [0.15, 0.2) is 0 Å². The number of nitrogens with one attached hydrogen (secondary N) is 1. The van der Waals surface area contributed by atoms with Crippen LogP contribution in [0.15, 0.2) is 48.5 Å². The van der Waals surface area contributed by atoms with Crippen LogP contribution in [0, 0.1) is 0 Å². The molecule has 1 aliphatic heterocycles. The maximum absolute atomic E-state index is 12.7. The third-order valence-electron chi connectivity index (χ3n) is 5.65. The number of halogens is 3. The SMILES string of the molecule is CNc1ccccc1N(CC=S)C1CCN(C(=O)Cc2ccc(C(F)(F)F)cc2)CC1. The van der Waals surface area contributed by atoms with Crippen molar-refractivity contribution in [3.8, 4) is 0 Å². The van der Waals surface area contributed by atoms with Gasteiger partial charge in [-0.05, 0) is 48.0 Å². The third-order valence-corrected chi connectivity index (χ3v) is 5.80. The fraction of sp³-hybridized carbons (Fsp3) is 0.391. The Morgan fingerprint density at radius 3 is 2.39 bits per heavy atom. The molecule has 3 rings (SSSR count). The van der Waals surface area contributed by atoms with Crippen LogP contribution in [0.4, 0.5) is 24.5 Å². The highest BCUT2D eigenvalue weighted by Gasteiger charge is 2.30. The van der Waals surface area contributed by atoms with Crippen molar-refractivity contribution in [2.45, 2.75) is 31.5 Å². The van der Waals surface area contributed by atoms with E-state index in [1.165, 1.54) is 12.1 Å². The summed E-state index contributed by atoms with van der Waals surface area (Å²) in [6.45, 7) is 1.86. The summed E-state index contributed by atoms with van der Waals surface area (Å²) in [5.41, 5.74) is 2.00. The standard InChI is InChI=1S/C23H26F3N3OS/c1-27-20-4-2-3-5-21(20)29(14-15-31)19-10-12-28(13-11-19)22(30)16-17-6-8-18(9-7-17)23(24,25)26/h2-9,15,19,27H,10-14,16H2,1H3. The fourth-order valence-electron chi connectivity index (χ4n) is 3.98. The lowest BCUT2D eigenvalue weighted by Crippen LogP contribution is -2.48. The molecule has 31 heavy (non-hydrogen) atoms. The minimum atomic E-state index is -4.37. The number of piperidine rings is 1. The largest absolute Gasteiger partial charge is 0.416 e. The first-order chi connectivity index (χ1) is 14.8. The van der Waals surface area contributed by atoms with Gasteiger partial charge in [0.1, 0.15) is 0 Å². The average Bonchev–Trinajstić information content (AvgIpc) is 2.77. The molecule has 1 saturated heterocycles. The molecule has 166 valence electrons. The molecule has 1 heterocycles. The van der Waals surface area contributed by atoms with Gasteiger partial charge in [-0.2, -0.15) is 13.2 Å². The first kappa shape index (κ1) is 23.1.